The maximum absolute atomic E-state index is 10.9. The predicted octanol–water partition coefficient (Wildman–Crippen LogP) is 10.2. The Kier molecular flexibility index (Phi) is 15.1. The van der Waals surface area contributed by atoms with Crippen molar-refractivity contribution in [1.82, 2.24) is 0 Å². The summed E-state index contributed by atoms with van der Waals surface area (Å²) in [7, 11) is 0. The molecule has 6 aromatic rings. The topological polar surface area (TPSA) is 75.6 Å². The molecule has 0 aliphatic carbocycles. The van der Waals surface area contributed by atoms with E-state index in [0.29, 0.717) is 50.0 Å². The van der Waals surface area contributed by atoms with Crippen LogP contribution in [0.3, 0.4) is 0 Å². The molecule has 5 atom stereocenters. The van der Waals surface area contributed by atoms with Crippen LogP contribution in [0, 0.1) is 0 Å². The first kappa shape index (κ1) is 41.3. The Morgan fingerprint density at radius 3 is 1.57 bits per heavy atom. The van der Waals surface area contributed by atoms with Gasteiger partial charge in [-0.1, -0.05) is 151 Å². The molecule has 0 aromatic heterocycles. The first-order valence-corrected chi connectivity index (χ1v) is 20.3. The van der Waals surface area contributed by atoms with E-state index in [1.807, 2.05) is 159 Å². The Morgan fingerprint density at radius 1 is 0.552 bits per heavy atom. The average Bonchev–Trinajstić information content (AvgIpc) is 3.27. The molecule has 0 bridgehead atoms. The monoisotopic (exact) mass is 798 g/mol. The maximum atomic E-state index is 10.9. The number of benzene rings is 6. The first-order chi connectivity index (χ1) is 28.6. The van der Waals surface area contributed by atoms with Crippen LogP contribution in [-0.4, -0.2) is 42.7 Å². The summed E-state index contributed by atoms with van der Waals surface area (Å²) in [6.45, 7) is 3.90. The van der Waals surface area contributed by atoms with E-state index in [1.165, 1.54) is 0 Å². The van der Waals surface area contributed by atoms with Gasteiger partial charge in [-0.2, -0.15) is 0 Å². The second-order valence-corrected chi connectivity index (χ2v) is 14.8. The van der Waals surface area contributed by atoms with Crippen molar-refractivity contribution in [1.29, 1.82) is 0 Å². The van der Waals surface area contributed by atoms with Crippen molar-refractivity contribution in [3.63, 3.8) is 0 Å². The van der Waals surface area contributed by atoms with Gasteiger partial charge in [0.05, 0.1) is 46.2 Å². The maximum Gasteiger partial charge on any atom is 0.119 e. The molecule has 0 amide bonds. The summed E-state index contributed by atoms with van der Waals surface area (Å²) in [5.74, 6) is 0.814. The lowest BCUT2D eigenvalue weighted by molar-refractivity contribution is -0.275. The highest BCUT2D eigenvalue weighted by Gasteiger charge is 2.49. The molecule has 58 heavy (non-hydrogen) atoms. The summed E-state index contributed by atoms with van der Waals surface area (Å²) in [4.78, 5) is 0. The zero-order valence-electron chi connectivity index (χ0n) is 32.8. The van der Waals surface area contributed by atoms with Gasteiger partial charge in [-0.25, -0.2) is 0 Å². The summed E-state index contributed by atoms with van der Waals surface area (Å²) in [5.41, 5.74) is 7.48. The van der Waals surface area contributed by atoms with E-state index in [1.54, 1.807) is 0 Å². The number of hydrogen-bond donors (Lipinski definition) is 1. The number of aliphatic hydroxyl groups excluding tert-OH is 1. The molecule has 1 aliphatic heterocycles. The average molecular weight is 799 g/mol. The standard InChI is InChI=1S/C50H51ClO7/c1-2-54-43-25-23-36(24-26-43)27-41-28-44(42(30-52)29-45(41)51)47-49(56-33-39-19-11-5-12-20-39)50(57-34-40-21-13-6-14-22-40)48(55-32-38-17-9-4-10-18-38)46(58-47)35-53-31-37-15-7-3-8-16-37/h3-26,28-29,46-50,52H,2,27,30-35H2,1H3/t46-,47+,48-,49+,50+/m1/s1. The fourth-order valence-corrected chi connectivity index (χ4v) is 7.60. The minimum Gasteiger partial charge on any atom is -0.494 e. The summed E-state index contributed by atoms with van der Waals surface area (Å²) in [6, 6.07) is 52.3. The fourth-order valence-electron chi connectivity index (χ4n) is 7.35. The van der Waals surface area contributed by atoms with Crippen LogP contribution in [-0.2, 0) is 63.1 Å². The van der Waals surface area contributed by atoms with Gasteiger partial charge < -0.3 is 33.5 Å². The van der Waals surface area contributed by atoms with Gasteiger partial charge in [-0.15, -0.1) is 0 Å². The number of halogens is 1. The summed E-state index contributed by atoms with van der Waals surface area (Å²) in [5, 5.41) is 11.5. The Bertz CT molecular complexity index is 2100. The first-order valence-electron chi connectivity index (χ1n) is 20.0. The lowest BCUT2D eigenvalue weighted by Gasteiger charge is -2.47. The van der Waals surface area contributed by atoms with Crippen molar-refractivity contribution >= 4 is 11.6 Å². The minimum absolute atomic E-state index is 0.225. The summed E-state index contributed by atoms with van der Waals surface area (Å²) in [6.07, 6.45) is -2.58. The van der Waals surface area contributed by atoms with Crippen LogP contribution in [0.2, 0.25) is 5.02 Å². The van der Waals surface area contributed by atoms with E-state index in [9.17, 15) is 5.11 Å². The summed E-state index contributed by atoms with van der Waals surface area (Å²) >= 11 is 6.98. The van der Waals surface area contributed by atoms with Gasteiger partial charge in [0.15, 0.2) is 0 Å². The van der Waals surface area contributed by atoms with E-state index >= 15 is 0 Å². The van der Waals surface area contributed by atoms with E-state index in [4.69, 9.17) is 40.0 Å². The zero-order chi connectivity index (χ0) is 39.9. The molecule has 0 spiro atoms. The third-order valence-corrected chi connectivity index (χ3v) is 10.6. The van der Waals surface area contributed by atoms with E-state index in [-0.39, 0.29) is 13.2 Å². The second-order valence-electron chi connectivity index (χ2n) is 14.4. The molecule has 1 aliphatic rings. The number of ether oxygens (including phenoxy) is 6. The third-order valence-electron chi connectivity index (χ3n) is 10.3. The smallest absolute Gasteiger partial charge is 0.119 e. The molecule has 1 fully saturated rings. The van der Waals surface area contributed by atoms with Crippen LogP contribution >= 0.6 is 11.6 Å². The Labute approximate surface area is 347 Å². The highest BCUT2D eigenvalue weighted by atomic mass is 35.5. The molecule has 1 saturated heterocycles. The van der Waals surface area contributed by atoms with Gasteiger partial charge >= 0.3 is 0 Å². The molecule has 6 aromatic carbocycles. The van der Waals surface area contributed by atoms with Crippen molar-refractivity contribution in [3.05, 3.63) is 207 Å². The quantitative estimate of drug-likeness (QED) is 0.0875. The molecule has 1 N–H and O–H groups in total. The zero-order valence-corrected chi connectivity index (χ0v) is 33.6. The minimum atomic E-state index is -0.690. The van der Waals surface area contributed by atoms with Gasteiger partial charge in [-0.05, 0) is 76.1 Å². The Morgan fingerprint density at radius 2 is 1.05 bits per heavy atom. The fraction of sp³-hybridized carbons (Fsp3) is 0.280. The molecule has 7 rings (SSSR count). The van der Waals surface area contributed by atoms with E-state index in [0.717, 1.165) is 44.7 Å². The lowest BCUT2D eigenvalue weighted by Crippen LogP contribution is -2.58. The molecule has 0 unspecified atom stereocenters. The van der Waals surface area contributed by atoms with Gasteiger partial charge in [0, 0.05) is 5.02 Å². The van der Waals surface area contributed by atoms with Crippen LogP contribution < -0.4 is 4.74 Å². The van der Waals surface area contributed by atoms with Crippen molar-refractivity contribution in [3.8, 4) is 5.75 Å². The largest absolute Gasteiger partial charge is 0.494 e. The normalized spacial score (nSPS) is 19.2. The van der Waals surface area contributed by atoms with Crippen LogP contribution in [0.25, 0.3) is 0 Å². The Hall–Kier alpha value is -4.83. The van der Waals surface area contributed by atoms with Crippen molar-refractivity contribution < 1.29 is 33.5 Å². The molecule has 0 saturated carbocycles. The molecular formula is C50H51ClO7. The third kappa shape index (κ3) is 11.2. The van der Waals surface area contributed by atoms with Gasteiger partial charge in [0.1, 0.15) is 36.3 Å². The van der Waals surface area contributed by atoms with E-state index in [2.05, 4.69) is 6.07 Å². The molecule has 7 nitrogen and oxygen atoms in total. The molecule has 8 heteroatoms. The number of rotatable bonds is 19. The van der Waals surface area contributed by atoms with Crippen molar-refractivity contribution in [2.75, 3.05) is 13.2 Å². The van der Waals surface area contributed by atoms with Gasteiger partial charge in [-0.3, -0.25) is 0 Å². The lowest BCUT2D eigenvalue weighted by atomic mass is 9.87. The van der Waals surface area contributed by atoms with Crippen LogP contribution in [0.1, 0.15) is 57.5 Å². The van der Waals surface area contributed by atoms with Crippen molar-refractivity contribution in [2.24, 2.45) is 0 Å². The van der Waals surface area contributed by atoms with Gasteiger partial charge in [0.25, 0.3) is 0 Å². The molecular weight excluding hydrogens is 748 g/mol. The second kappa shape index (κ2) is 21.3. The molecule has 0 radical (unpaired) electrons. The van der Waals surface area contributed by atoms with Crippen molar-refractivity contribution in [2.45, 2.75) is 76.9 Å². The SMILES string of the molecule is CCOc1ccc(Cc2cc([C@@H]3O[C@H](COCc4ccccc4)[C@@H](OCc4ccccc4)[C@H](OCc4ccccc4)[C@H]3OCc3ccccc3)c(CO)cc2Cl)cc1. The number of aliphatic hydroxyl groups is 1. The van der Waals surface area contributed by atoms with Gasteiger partial charge in [0.2, 0.25) is 0 Å². The number of hydrogen-bond acceptors (Lipinski definition) is 7. The molecule has 300 valence electrons. The Balaban J connectivity index is 1.29. The highest BCUT2D eigenvalue weighted by molar-refractivity contribution is 6.31. The van der Waals surface area contributed by atoms with Crippen LogP contribution in [0.4, 0.5) is 0 Å². The summed E-state index contributed by atoms with van der Waals surface area (Å²) < 4.78 is 40.1. The predicted molar refractivity (Wildman–Crippen MR) is 227 cm³/mol. The van der Waals surface area contributed by atoms with Crippen LogP contribution in [0.15, 0.2) is 158 Å². The van der Waals surface area contributed by atoms with E-state index < -0.39 is 30.5 Å². The highest BCUT2D eigenvalue weighted by Crippen LogP contribution is 2.41. The van der Waals surface area contributed by atoms with Crippen LogP contribution in [0.5, 0.6) is 5.75 Å². The molecule has 1 heterocycles.